The van der Waals surface area contributed by atoms with Gasteiger partial charge in [-0.05, 0) is 36.4 Å². The highest BCUT2D eigenvalue weighted by molar-refractivity contribution is 6.33. The van der Waals surface area contributed by atoms with Gasteiger partial charge in [0.2, 0.25) is 0 Å². The molecule has 2 rings (SSSR count). The van der Waals surface area contributed by atoms with Crippen molar-refractivity contribution in [2.75, 3.05) is 11.9 Å². The smallest absolute Gasteiger partial charge is 0.170 e. The molecule has 2 aromatic rings. The maximum atomic E-state index is 13.2. The maximum absolute atomic E-state index is 13.2. The third kappa shape index (κ3) is 2.83. The average Bonchev–Trinajstić information content (AvgIpc) is 2.45. The summed E-state index contributed by atoms with van der Waals surface area (Å²) in [4.78, 5) is 1.75. The molecule has 0 saturated carbocycles. The lowest BCUT2D eigenvalue weighted by molar-refractivity contribution is 0.318. The third-order valence-electron chi connectivity index (χ3n) is 2.91. The van der Waals surface area contributed by atoms with Crippen molar-refractivity contribution in [2.24, 2.45) is 10.9 Å². The van der Waals surface area contributed by atoms with E-state index in [1.165, 1.54) is 12.1 Å². The number of hydrogen-bond donors (Lipinski definition) is 2. The molecule has 2 aromatic carbocycles. The first-order chi connectivity index (χ1) is 9.52. The molecule has 0 amide bonds. The number of benzene rings is 2. The van der Waals surface area contributed by atoms with Crippen LogP contribution in [0.25, 0.3) is 0 Å². The molecule has 0 aliphatic carbocycles. The summed E-state index contributed by atoms with van der Waals surface area (Å²) >= 11 is 6.19. The standard InChI is InChI=1S/C14H13ClFN3O/c1-19(11-4-2-3-10(16)8-11)13-6-5-9(7-12(13)15)14(17)18-20/h2-8,20H,1H3,(H2,17,18). The van der Waals surface area contributed by atoms with E-state index in [0.29, 0.717) is 22.0 Å². The molecule has 20 heavy (non-hydrogen) atoms. The van der Waals surface area contributed by atoms with Gasteiger partial charge in [-0.3, -0.25) is 0 Å². The Labute approximate surface area is 120 Å². The quantitative estimate of drug-likeness (QED) is 0.395. The van der Waals surface area contributed by atoms with Gasteiger partial charge in [-0.15, -0.1) is 0 Å². The maximum Gasteiger partial charge on any atom is 0.170 e. The molecular weight excluding hydrogens is 281 g/mol. The number of oxime groups is 1. The Morgan fingerprint density at radius 3 is 2.65 bits per heavy atom. The van der Waals surface area contributed by atoms with E-state index in [2.05, 4.69) is 5.16 Å². The van der Waals surface area contributed by atoms with Gasteiger partial charge in [-0.1, -0.05) is 22.8 Å². The van der Waals surface area contributed by atoms with Gasteiger partial charge in [0.15, 0.2) is 5.84 Å². The highest BCUT2D eigenvalue weighted by Crippen LogP contribution is 2.31. The molecule has 0 fully saturated rings. The van der Waals surface area contributed by atoms with Crippen LogP contribution in [0.1, 0.15) is 5.56 Å². The minimum absolute atomic E-state index is 0.0214. The molecule has 6 heteroatoms. The number of nitrogens with two attached hydrogens (primary N) is 1. The minimum Gasteiger partial charge on any atom is -0.409 e. The molecule has 3 N–H and O–H groups in total. The van der Waals surface area contributed by atoms with Crippen LogP contribution in [-0.2, 0) is 0 Å². The lowest BCUT2D eigenvalue weighted by Gasteiger charge is -2.21. The Morgan fingerprint density at radius 1 is 1.30 bits per heavy atom. The van der Waals surface area contributed by atoms with Gasteiger partial charge in [0, 0.05) is 18.3 Å². The lowest BCUT2D eigenvalue weighted by Crippen LogP contribution is -2.14. The minimum atomic E-state index is -0.321. The van der Waals surface area contributed by atoms with E-state index in [9.17, 15) is 4.39 Å². The number of nitrogens with zero attached hydrogens (tertiary/aromatic N) is 2. The van der Waals surface area contributed by atoms with Crippen LogP contribution in [0.2, 0.25) is 5.02 Å². The Bertz CT molecular complexity index is 661. The predicted octanol–water partition coefficient (Wildman–Crippen LogP) is 3.34. The zero-order valence-corrected chi connectivity index (χ0v) is 11.5. The first-order valence-corrected chi connectivity index (χ1v) is 6.17. The van der Waals surface area contributed by atoms with Crippen LogP contribution in [0.3, 0.4) is 0 Å². The molecule has 4 nitrogen and oxygen atoms in total. The molecule has 104 valence electrons. The van der Waals surface area contributed by atoms with Crippen molar-refractivity contribution >= 4 is 28.8 Å². The van der Waals surface area contributed by atoms with Crippen molar-refractivity contribution < 1.29 is 9.60 Å². The zero-order chi connectivity index (χ0) is 14.7. The lowest BCUT2D eigenvalue weighted by atomic mass is 10.1. The Balaban J connectivity index is 2.38. The zero-order valence-electron chi connectivity index (χ0n) is 10.7. The Hall–Kier alpha value is -2.27. The molecule has 0 aliphatic heterocycles. The van der Waals surface area contributed by atoms with Gasteiger partial charge in [-0.2, -0.15) is 0 Å². The average molecular weight is 294 g/mol. The van der Waals surface area contributed by atoms with Crippen LogP contribution < -0.4 is 10.6 Å². The molecule has 0 heterocycles. The predicted molar refractivity (Wildman–Crippen MR) is 78.4 cm³/mol. The molecule has 0 aliphatic rings. The fraction of sp³-hybridized carbons (Fsp3) is 0.0714. The van der Waals surface area contributed by atoms with Crippen LogP contribution in [-0.4, -0.2) is 18.1 Å². The van der Waals surface area contributed by atoms with Gasteiger partial charge < -0.3 is 15.8 Å². The summed E-state index contributed by atoms with van der Waals surface area (Å²) in [5, 5.41) is 12.0. The van der Waals surface area contributed by atoms with Crippen molar-refractivity contribution in [1.29, 1.82) is 0 Å². The van der Waals surface area contributed by atoms with Gasteiger partial charge in [0.25, 0.3) is 0 Å². The van der Waals surface area contributed by atoms with E-state index in [0.717, 1.165) is 0 Å². The second-order valence-electron chi connectivity index (χ2n) is 4.19. The molecule has 0 spiro atoms. The van der Waals surface area contributed by atoms with Gasteiger partial charge in [0.05, 0.1) is 10.7 Å². The topological polar surface area (TPSA) is 61.8 Å². The summed E-state index contributed by atoms with van der Waals surface area (Å²) in [7, 11) is 1.78. The number of hydrogen-bond acceptors (Lipinski definition) is 3. The van der Waals surface area contributed by atoms with Crippen LogP contribution in [0.15, 0.2) is 47.6 Å². The summed E-state index contributed by atoms with van der Waals surface area (Å²) in [5.74, 6) is -0.342. The fourth-order valence-corrected chi connectivity index (χ4v) is 2.13. The molecule has 0 radical (unpaired) electrons. The SMILES string of the molecule is CN(c1cccc(F)c1)c1ccc(C(N)=NO)cc1Cl. The second kappa shape index (κ2) is 5.79. The van der Waals surface area contributed by atoms with E-state index in [1.807, 2.05) is 0 Å². The molecule has 0 aromatic heterocycles. The third-order valence-corrected chi connectivity index (χ3v) is 3.21. The number of halogens is 2. The molecule has 0 bridgehead atoms. The van der Waals surface area contributed by atoms with Crippen molar-refractivity contribution in [2.45, 2.75) is 0 Å². The molecule has 0 unspecified atom stereocenters. The Kier molecular flexibility index (Phi) is 4.10. The van der Waals surface area contributed by atoms with Gasteiger partial charge in [0.1, 0.15) is 5.82 Å². The van der Waals surface area contributed by atoms with E-state index in [-0.39, 0.29) is 11.7 Å². The molecule has 0 atom stereocenters. The number of rotatable bonds is 3. The summed E-state index contributed by atoms with van der Waals surface area (Å²) in [5.41, 5.74) is 7.36. The number of amidine groups is 1. The van der Waals surface area contributed by atoms with Crippen molar-refractivity contribution in [3.05, 3.63) is 58.9 Å². The normalized spacial score (nSPS) is 11.4. The fourth-order valence-electron chi connectivity index (χ4n) is 1.82. The Morgan fingerprint density at radius 2 is 2.05 bits per heavy atom. The van der Waals surface area contributed by atoms with Gasteiger partial charge in [-0.25, -0.2) is 4.39 Å². The van der Waals surface area contributed by atoms with Gasteiger partial charge >= 0.3 is 0 Å². The summed E-state index contributed by atoms with van der Waals surface area (Å²) < 4.78 is 13.2. The van der Waals surface area contributed by atoms with Crippen LogP contribution >= 0.6 is 11.6 Å². The van der Waals surface area contributed by atoms with E-state index in [1.54, 1.807) is 42.3 Å². The van der Waals surface area contributed by atoms with Crippen LogP contribution in [0.5, 0.6) is 0 Å². The highest BCUT2D eigenvalue weighted by Gasteiger charge is 2.11. The van der Waals surface area contributed by atoms with Crippen molar-refractivity contribution in [3.63, 3.8) is 0 Å². The first kappa shape index (κ1) is 14.1. The highest BCUT2D eigenvalue weighted by atomic mass is 35.5. The van der Waals surface area contributed by atoms with Crippen molar-refractivity contribution in [1.82, 2.24) is 0 Å². The van der Waals surface area contributed by atoms with E-state index in [4.69, 9.17) is 22.5 Å². The summed E-state index contributed by atoms with van der Waals surface area (Å²) in [6.45, 7) is 0. The molecular formula is C14H13ClFN3O. The molecule has 0 saturated heterocycles. The van der Waals surface area contributed by atoms with E-state index < -0.39 is 0 Å². The second-order valence-corrected chi connectivity index (χ2v) is 4.60. The van der Waals surface area contributed by atoms with Crippen LogP contribution in [0, 0.1) is 5.82 Å². The number of anilines is 2. The van der Waals surface area contributed by atoms with Crippen LogP contribution in [0.4, 0.5) is 15.8 Å². The summed E-state index contributed by atoms with van der Waals surface area (Å²) in [6.07, 6.45) is 0. The largest absolute Gasteiger partial charge is 0.409 e. The summed E-state index contributed by atoms with van der Waals surface area (Å²) in [6, 6.07) is 11.2. The first-order valence-electron chi connectivity index (χ1n) is 5.79. The van der Waals surface area contributed by atoms with E-state index >= 15 is 0 Å². The van der Waals surface area contributed by atoms with Crippen molar-refractivity contribution in [3.8, 4) is 0 Å². The monoisotopic (exact) mass is 293 g/mol.